The Morgan fingerprint density at radius 3 is 2.50 bits per heavy atom. The maximum atomic E-state index is 12.0. The number of allylic oxidation sites excluding steroid dienone is 1. The molecule has 0 amide bonds. The lowest BCUT2D eigenvalue weighted by molar-refractivity contribution is -0.424. The van der Waals surface area contributed by atoms with Crippen LogP contribution >= 0.6 is 23.2 Å². The highest BCUT2D eigenvalue weighted by molar-refractivity contribution is 7.96. The standard InChI is InChI=1S/C12H9Cl2NO4S/c1-7-11(15(16)17)6-20(18,19)12(7)4-8-2-3-9(13)5-10(8)14/h2-5H,6H2,1H3. The minimum Gasteiger partial charge on any atom is -0.259 e. The van der Waals surface area contributed by atoms with Crippen LogP contribution in [0.25, 0.3) is 6.08 Å². The van der Waals surface area contributed by atoms with Crippen molar-refractivity contribution < 1.29 is 13.3 Å². The molecule has 0 aliphatic carbocycles. The first-order valence-electron chi connectivity index (χ1n) is 5.46. The summed E-state index contributed by atoms with van der Waals surface area (Å²) < 4.78 is 24.0. The molecule has 0 fully saturated rings. The zero-order chi connectivity index (χ0) is 15.1. The third-order valence-electron chi connectivity index (χ3n) is 2.93. The Balaban J connectivity index is 2.60. The van der Waals surface area contributed by atoms with Crippen LogP contribution in [0.3, 0.4) is 0 Å². The van der Waals surface area contributed by atoms with E-state index in [1.165, 1.54) is 19.1 Å². The molecule has 0 bridgehead atoms. The molecule has 0 saturated heterocycles. The van der Waals surface area contributed by atoms with Crippen molar-refractivity contribution in [3.8, 4) is 0 Å². The van der Waals surface area contributed by atoms with Crippen LogP contribution in [0.2, 0.25) is 10.0 Å². The molecule has 8 heteroatoms. The molecule has 1 aliphatic rings. The summed E-state index contributed by atoms with van der Waals surface area (Å²) in [6.45, 7) is 1.42. The fourth-order valence-electron chi connectivity index (χ4n) is 1.89. The van der Waals surface area contributed by atoms with E-state index in [0.29, 0.717) is 10.6 Å². The van der Waals surface area contributed by atoms with Gasteiger partial charge in [-0.05, 0) is 30.7 Å². The van der Waals surface area contributed by atoms with Crippen LogP contribution in [0.1, 0.15) is 12.5 Å². The summed E-state index contributed by atoms with van der Waals surface area (Å²) in [7, 11) is -3.70. The van der Waals surface area contributed by atoms with Gasteiger partial charge in [-0.1, -0.05) is 29.3 Å². The van der Waals surface area contributed by atoms with Crippen molar-refractivity contribution in [2.45, 2.75) is 6.92 Å². The van der Waals surface area contributed by atoms with E-state index in [1.54, 1.807) is 12.1 Å². The molecule has 5 nitrogen and oxygen atoms in total. The minimum atomic E-state index is -3.70. The molecule has 1 aliphatic heterocycles. The molecule has 0 atom stereocenters. The van der Waals surface area contributed by atoms with Crippen LogP contribution in [0.4, 0.5) is 0 Å². The van der Waals surface area contributed by atoms with Gasteiger partial charge < -0.3 is 0 Å². The van der Waals surface area contributed by atoms with E-state index in [0.717, 1.165) is 0 Å². The summed E-state index contributed by atoms with van der Waals surface area (Å²) in [5, 5.41) is 11.5. The second-order valence-electron chi connectivity index (χ2n) is 4.26. The Hall–Kier alpha value is -1.37. The second kappa shape index (κ2) is 5.20. The summed E-state index contributed by atoms with van der Waals surface area (Å²) in [6.07, 6.45) is 1.33. The molecule has 1 aromatic carbocycles. The first kappa shape index (κ1) is 15.0. The lowest BCUT2D eigenvalue weighted by Crippen LogP contribution is -2.06. The number of halogens is 2. The molecule has 0 saturated carbocycles. The molecule has 0 spiro atoms. The van der Waals surface area contributed by atoms with E-state index in [2.05, 4.69) is 0 Å². The van der Waals surface area contributed by atoms with Gasteiger partial charge in [0.1, 0.15) is 5.75 Å². The molecule has 0 radical (unpaired) electrons. The Morgan fingerprint density at radius 1 is 1.35 bits per heavy atom. The zero-order valence-corrected chi connectivity index (χ0v) is 12.6. The van der Waals surface area contributed by atoms with Crippen LogP contribution in [-0.4, -0.2) is 19.1 Å². The largest absolute Gasteiger partial charge is 0.265 e. The quantitative estimate of drug-likeness (QED) is 0.614. The van der Waals surface area contributed by atoms with Crippen molar-refractivity contribution in [3.63, 3.8) is 0 Å². The van der Waals surface area contributed by atoms with Crippen LogP contribution in [0.5, 0.6) is 0 Å². The van der Waals surface area contributed by atoms with Gasteiger partial charge in [0.2, 0.25) is 0 Å². The lowest BCUT2D eigenvalue weighted by Gasteiger charge is -2.02. The molecule has 1 aromatic rings. The topological polar surface area (TPSA) is 77.3 Å². The number of nitro groups is 1. The van der Waals surface area contributed by atoms with Crippen LogP contribution in [0, 0.1) is 10.1 Å². The molecular weight excluding hydrogens is 325 g/mol. The fourth-order valence-corrected chi connectivity index (χ4v) is 4.08. The first-order chi connectivity index (χ1) is 9.22. The number of hydrogen-bond donors (Lipinski definition) is 0. The van der Waals surface area contributed by atoms with Crippen LogP contribution in [0.15, 0.2) is 34.4 Å². The molecule has 2 rings (SSSR count). The number of benzene rings is 1. The predicted octanol–water partition coefficient (Wildman–Crippen LogP) is 3.31. The van der Waals surface area contributed by atoms with Crippen molar-refractivity contribution in [2.24, 2.45) is 0 Å². The van der Waals surface area contributed by atoms with Gasteiger partial charge in [-0.2, -0.15) is 0 Å². The summed E-state index contributed by atoms with van der Waals surface area (Å²) >= 11 is 11.7. The maximum absolute atomic E-state index is 12.0. The third kappa shape index (κ3) is 2.72. The summed E-state index contributed by atoms with van der Waals surface area (Å²) in [5.74, 6) is -0.594. The highest BCUT2D eigenvalue weighted by Gasteiger charge is 2.38. The van der Waals surface area contributed by atoms with Gasteiger partial charge in [-0.3, -0.25) is 10.1 Å². The van der Waals surface area contributed by atoms with Crippen molar-refractivity contribution >= 4 is 39.1 Å². The van der Waals surface area contributed by atoms with Gasteiger partial charge in [0.25, 0.3) is 5.70 Å². The number of hydrogen-bond acceptors (Lipinski definition) is 4. The van der Waals surface area contributed by atoms with Gasteiger partial charge in [0.05, 0.1) is 9.83 Å². The average molecular weight is 334 g/mol. The summed E-state index contributed by atoms with van der Waals surface area (Å²) in [6, 6.07) is 4.60. The Kier molecular flexibility index (Phi) is 3.90. The number of sulfone groups is 1. The number of rotatable bonds is 2. The van der Waals surface area contributed by atoms with E-state index < -0.39 is 20.5 Å². The lowest BCUT2D eigenvalue weighted by atomic mass is 10.1. The van der Waals surface area contributed by atoms with Crippen LogP contribution < -0.4 is 0 Å². The third-order valence-corrected chi connectivity index (χ3v) is 5.24. The maximum Gasteiger partial charge on any atom is 0.265 e. The minimum absolute atomic E-state index is 0.0755. The van der Waals surface area contributed by atoms with Gasteiger partial charge in [-0.15, -0.1) is 0 Å². The molecule has 0 unspecified atom stereocenters. The second-order valence-corrected chi connectivity index (χ2v) is 7.06. The Bertz CT molecular complexity index is 766. The highest BCUT2D eigenvalue weighted by atomic mass is 35.5. The van der Waals surface area contributed by atoms with E-state index in [1.807, 2.05) is 0 Å². The van der Waals surface area contributed by atoms with Gasteiger partial charge in [0, 0.05) is 15.6 Å². The zero-order valence-electron chi connectivity index (χ0n) is 10.3. The highest BCUT2D eigenvalue weighted by Crippen LogP contribution is 2.34. The molecule has 0 N–H and O–H groups in total. The SMILES string of the molecule is CC1=C([N+](=O)[O-])CS(=O)(=O)C1=Cc1ccc(Cl)cc1Cl. The normalized spacial score (nSPS) is 19.6. The van der Waals surface area contributed by atoms with Crippen molar-refractivity contribution in [1.82, 2.24) is 0 Å². The van der Waals surface area contributed by atoms with Gasteiger partial charge in [-0.25, -0.2) is 8.42 Å². The Labute approximate surface area is 125 Å². The fraction of sp³-hybridized carbons (Fsp3) is 0.167. The van der Waals surface area contributed by atoms with E-state index in [-0.39, 0.29) is 21.2 Å². The van der Waals surface area contributed by atoms with Crippen LogP contribution in [-0.2, 0) is 9.84 Å². The Morgan fingerprint density at radius 2 is 2.00 bits per heavy atom. The molecule has 0 aromatic heterocycles. The molecule has 20 heavy (non-hydrogen) atoms. The van der Waals surface area contributed by atoms with Crippen molar-refractivity contribution in [3.05, 3.63) is 60.1 Å². The number of nitrogens with zero attached hydrogens (tertiary/aromatic N) is 1. The molecule has 106 valence electrons. The van der Waals surface area contributed by atoms with E-state index in [4.69, 9.17) is 23.2 Å². The monoisotopic (exact) mass is 333 g/mol. The van der Waals surface area contributed by atoms with Crippen molar-refractivity contribution in [2.75, 3.05) is 5.75 Å². The predicted molar refractivity (Wildman–Crippen MR) is 77.9 cm³/mol. The van der Waals surface area contributed by atoms with Gasteiger partial charge >= 0.3 is 0 Å². The summed E-state index contributed by atoms with van der Waals surface area (Å²) in [4.78, 5) is 10.1. The van der Waals surface area contributed by atoms with E-state index >= 15 is 0 Å². The van der Waals surface area contributed by atoms with E-state index in [9.17, 15) is 18.5 Å². The van der Waals surface area contributed by atoms with Crippen molar-refractivity contribution in [1.29, 1.82) is 0 Å². The molecular formula is C12H9Cl2NO4S. The first-order valence-corrected chi connectivity index (χ1v) is 7.87. The molecule has 1 heterocycles. The average Bonchev–Trinajstić information content (AvgIpc) is 2.55. The summed E-state index contributed by atoms with van der Waals surface area (Å²) in [5.41, 5.74) is 0.279. The smallest absolute Gasteiger partial charge is 0.259 e. The van der Waals surface area contributed by atoms with Gasteiger partial charge in [0.15, 0.2) is 9.84 Å².